The van der Waals surface area contributed by atoms with Crippen LogP contribution < -0.4 is 15.9 Å². The molecule has 130 valence electrons. The number of nitriles is 1. The van der Waals surface area contributed by atoms with Crippen LogP contribution in [0.25, 0.3) is 0 Å². The average molecular weight is 487 g/mol. The molecule has 0 spiro atoms. The van der Waals surface area contributed by atoms with Crippen LogP contribution in [0.3, 0.4) is 0 Å². The molecule has 0 fully saturated rings. The summed E-state index contributed by atoms with van der Waals surface area (Å²) in [6.45, 7) is 0. The molecule has 0 saturated carbocycles. The van der Waals surface area contributed by atoms with Crippen molar-refractivity contribution in [2.24, 2.45) is 0 Å². The van der Waals surface area contributed by atoms with Crippen LogP contribution in [0.5, 0.6) is 0 Å². The van der Waals surface area contributed by atoms with Gasteiger partial charge in [-0.25, -0.2) is 0 Å². The molecule has 0 atom stereocenters. The van der Waals surface area contributed by atoms with E-state index < -0.39 is 4.25 Å². The van der Waals surface area contributed by atoms with E-state index in [0.29, 0.717) is 0 Å². The molecule has 0 unspecified atom stereocenters. The minimum absolute atomic E-state index is 0.827. The summed E-state index contributed by atoms with van der Waals surface area (Å²) in [7, 11) is 0. The molecular formula is C22H19INPS. The Morgan fingerprint density at radius 1 is 0.808 bits per heavy atom. The number of nitrogens with zero attached hydrogens (tertiary/aromatic N) is 1. The first-order chi connectivity index (χ1) is 12.7. The summed E-state index contributed by atoms with van der Waals surface area (Å²) in [6, 6.07) is 34.0. The Morgan fingerprint density at radius 3 is 1.42 bits per heavy atom. The van der Waals surface area contributed by atoms with E-state index >= 15 is 0 Å². The summed E-state index contributed by atoms with van der Waals surface area (Å²) >= 11 is 4.20. The van der Waals surface area contributed by atoms with Crippen molar-refractivity contribution in [3.8, 4) is 6.07 Å². The fourth-order valence-corrected chi connectivity index (χ4v) is 13.1. The van der Waals surface area contributed by atoms with Crippen LogP contribution in [0.2, 0.25) is 0 Å². The summed E-state index contributed by atoms with van der Waals surface area (Å²) in [4.78, 5) is 0. The number of allylic oxidation sites excluding steroid dienone is 1. The Hall–Kier alpha value is -1.60. The zero-order chi connectivity index (χ0) is 18.5. The Morgan fingerprint density at radius 2 is 1.15 bits per heavy atom. The van der Waals surface area contributed by atoms with Crippen molar-refractivity contribution in [3.05, 3.63) is 102 Å². The maximum atomic E-state index is 10.2. The van der Waals surface area contributed by atoms with Crippen LogP contribution in [0.15, 0.2) is 102 Å². The van der Waals surface area contributed by atoms with Crippen molar-refractivity contribution >= 4 is 54.0 Å². The van der Waals surface area contributed by atoms with Gasteiger partial charge in [0.15, 0.2) is 0 Å². The van der Waals surface area contributed by atoms with Gasteiger partial charge >= 0.3 is 173 Å². The van der Waals surface area contributed by atoms with E-state index in [1.54, 1.807) is 11.8 Å². The van der Waals surface area contributed by atoms with Crippen LogP contribution in [0.4, 0.5) is 0 Å². The van der Waals surface area contributed by atoms with E-state index in [9.17, 15) is 5.26 Å². The molecule has 3 rings (SSSR count). The van der Waals surface area contributed by atoms with Gasteiger partial charge in [0.25, 0.3) is 0 Å². The molecule has 4 heteroatoms. The standard InChI is InChI=1S/C22H19INPS/c1-26-18-22(17-24)25(23,19-11-5-2-6-12-19,20-13-7-3-8-14-20)21-15-9-4-10-16-21/h2-16,18H,1H3/b22-18+. The number of halogens is 1. The van der Waals surface area contributed by atoms with Crippen molar-refractivity contribution in [2.75, 3.05) is 6.26 Å². The summed E-state index contributed by atoms with van der Waals surface area (Å²) < 4.78 is -3.14. The summed E-state index contributed by atoms with van der Waals surface area (Å²) in [6.07, 6.45) is 2.01. The molecule has 0 bridgehead atoms. The van der Waals surface area contributed by atoms with Crippen molar-refractivity contribution in [2.45, 2.75) is 0 Å². The molecule has 3 aromatic carbocycles. The normalized spacial score (nSPS) is 13.4. The molecule has 0 heterocycles. The van der Waals surface area contributed by atoms with Crippen LogP contribution >= 0.6 is 38.0 Å². The molecule has 0 aliphatic rings. The Balaban J connectivity index is 2.57. The van der Waals surface area contributed by atoms with Gasteiger partial charge in [-0.3, -0.25) is 0 Å². The number of hydrogen-bond acceptors (Lipinski definition) is 2. The predicted molar refractivity (Wildman–Crippen MR) is 126 cm³/mol. The molecule has 26 heavy (non-hydrogen) atoms. The number of hydrogen-bond donors (Lipinski definition) is 0. The van der Waals surface area contributed by atoms with Gasteiger partial charge in [0.1, 0.15) is 0 Å². The fourth-order valence-electron chi connectivity index (χ4n) is 3.32. The first-order valence-corrected chi connectivity index (χ1v) is 14.5. The molecule has 0 N–H and O–H groups in total. The number of rotatable bonds is 5. The third-order valence-corrected chi connectivity index (χ3v) is 16.7. The first-order valence-electron chi connectivity index (χ1n) is 8.20. The fraction of sp³-hybridized carbons (Fsp3) is 0.0455. The van der Waals surface area contributed by atoms with Gasteiger partial charge in [0.2, 0.25) is 0 Å². The molecule has 1 nitrogen and oxygen atoms in total. The topological polar surface area (TPSA) is 23.8 Å². The number of benzene rings is 3. The second kappa shape index (κ2) is 7.96. The second-order valence-corrected chi connectivity index (χ2v) is 16.4. The minimum atomic E-state index is -3.14. The molecular weight excluding hydrogens is 468 g/mol. The van der Waals surface area contributed by atoms with Crippen molar-refractivity contribution in [1.82, 2.24) is 0 Å². The van der Waals surface area contributed by atoms with E-state index in [-0.39, 0.29) is 0 Å². The van der Waals surface area contributed by atoms with Crippen molar-refractivity contribution < 1.29 is 0 Å². The Bertz CT molecular complexity index is 850. The summed E-state index contributed by atoms with van der Waals surface area (Å²) in [5, 5.41) is 16.7. The summed E-state index contributed by atoms with van der Waals surface area (Å²) in [5.74, 6) is 0. The van der Waals surface area contributed by atoms with Crippen LogP contribution in [-0.4, -0.2) is 6.26 Å². The molecule has 3 aromatic rings. The van der Waals surface area contributed by atoms with Gasteiger partial charge < -0.3 is 0 Å². The molecule has 0 aliphatic carbocycles. The molecule has 0 aliphatic heterocycles. The van der Waals surface area contributed by atoms with Gasteiger partial charge in [-0.05, 0) is 0 Å². The monoisotopic (exact) mass is 487 g/mol. The van der Waals surface area contributed by atoms with E-state index in [2.05, 4.69) is 101 Å². The van der Waals surface area contributed by atoms with Crippen molar-refractivity contribution in [3.63, 3.8) is 0 Å². The third-order valence-electron chi connectivity index (χ3n) is 4.52. The van der Waals surface area contributed by atoms with E-state index in [4.69, 9.17) is 0 Å². The van der Waals surface area contributed by atoms with Gasteiger partial charge in [-0.15, -0.1) is 0 Å². The van der Waals surface area contributed by atoms with Crippen LogP contribution in [0.1, 0.15) is 0 Å². The van der Waals surface area contributed by atoms with Gasteiger partial charge in [-0.1, -0.05) is 0 Å². The second-order valence-electron chi connectivity index (χ2n) is 5.87. The van der Waals surface area contributed by atoms with Crippen molar-refractivity contribution in [1.29, 1.82) is 5.26 Å². The molecule has 0 saturated heterocycles. The Labute approximate surface area is 172 Å². The molecule has 0 radical (unpaired) electrons. The quantitative estimate of drug-likeness (QED) is 0.266. The summed E-state index contributed by atoms with van der Waals surface area (Å²) in [5.41, 5.74) is 0. The Kier molecular flexibility index (Phi) is 5.87. The molecule has 0 aromatic heterocycles. The van der Waals surface area contributed by atoms with Gasteiger partial charge in [-0.2, -0.15) is 0 Å². The first kappa shape index (κ1) is 19.2. The van der Waals surface area contributed by atoms with Crippen LogP contribution in [0, 0.1) is 11.3 Å². The van der Waals surface area contributed by atoms with E-state index in [1.165, 1.54) is 15.9 Å². The number of thioether (sulfide) groups is 1. The average Bonchev–Trinajstić information content (AvgIpc) is 2.73. The molecule has 0 amide bonds. The SMILES string of the molecule is CS/C=C(\C#N)P(I)(c1ccccc1)(c1ccccc1)c1ccccc1. The zero-order valence-electron chi connectivity index (χ0n) is 14.4. The van der Waals surface area contributed by atoms with Gasteiger partial charge in [0.05, 0.1) is 0 Å². The predicted octanol–water partition coefficient (Wildman–Crippen LogP) is 5.59. The maximum absolute atomic E-state index is 10.2. The van der Waals surface area contributed by atoms with E-state index in [0.717, 1.165) is 5.31 Å². The zero-order valence-corrected chi connectivity index (χ0v) is 18.3. The van der Waals surface area contributed by atoms with Gasteiger partial charge in [0, 0.05) is 0 Å². The van der Waals surface area contributed by atoms with Crippen LogP contribution in [-0.2, 0) is 0 Å². The third kappa shape index (κ3) is 2.91. The van der Waals surface area contributed by atoms with E-state index in [1.807, 2.05) is 29.9 Å².